The number of nitrogens with zero attached hydrogens (tertiary/aromatic N) is 2. The van der Waals surface area contributed by atoms with Gasteiger partial charge in [-0.15, -0.1) is 0 Å². The van der Waals surface area contributed by atoms with Gasteiger partial charge < -0.3 is 10.2 Å². The van der Waals surface area contributed by atoms with E-state index in [0.717, 1.165) is 23.6 Å². The van der Waals surface area contributed by atoms with Crippen molar-refractivity contribution in [1.82, 2.24) is 10.2 Å². The molecule has 5 nitrogen and oxygen atoms in total. The lowest BCUT2D eigenvalue weighted by molar-refractivity contribution is -0.123. The zero-order valence-corrected chi connectivity index (χ0v) is 15.5. The zero-order valence-electron chi connectivity index (χ0n) is 15.5. The molecule has 2 aromatic rings. The topological polar surface area (TPSA) is 52.7 Å². The van der Waals surface area contributed by atoms with Crippen LogP contribution in [0, 0.1) is 5.82 Å². The highest BCUT2D eigenvalue weighted by Gasteiger charge is 2.33. The molecule has 0 bridgehead atoms. The molecule has 28 heavy (non-hydrogen) atoms. The molecule has 0 radical (unpaired) electrons. The smallest absolute Gasteiger partial charge is 0.329 e. The Morgan fingerprint density at radius 1 is 0.964 bits per heavy atom. The van der Waals surface area contributed by atoms with Crippen LogP contribution in [0.2, 0.25) is 0 Å². The average molecular weight is 379 g/mol. The SMILES string of the molecule is O=C1N/C(=C\c2ccc(N3CCCCC3)cc2)C(=O)N1Cc1ccccc1F. The van der Waals surface area contributed by atoms with Crippen molar-refractivity contribution in [3.63, 3.8) is 0 Å². The summed E-state index contributed by atoms with van der Waals surface area (Å²) in [4.78, 5) is 28.2. The van der Waals surface area contributed by atoms with Crippen molar-refractivity contribution >= 4 is 23.7 Å². The third kappa shape index (κ3) is 3.76. The van der Waals surface area contributed by atoms with Crippen molar-refractivity contribution in [3.05, 3.63) is 71.2 Å². The van der Waals surface area contributed by atoms with Crippen molar-refractivity contribution in [2.75, 3.05) is 18.0 Å². The Kier molecular flexibility index (Phi) is 5.10. The third-order valence-corrected chi connectivity index (χ3v) is 5.17. The minimum absolute atomic E-state index is 0.0947. The van der Waals surface area contributed by atoms with E-state index in [0.29, 0.717) is 5.56 Å². The first-order valence-corrected chi connectivity index (χ1v) is 9.55. The predicted molar refractivity (Wildman–Crippen MR) is 106 cm³/mol. The molecular formula is C22H22FN3O2. The zero-order chi connectivity index (χ0) is 19.5. The van der Waals surface area contributed by atoms with Gasteiger partial charge in [0.2, 0.25) is 0 Å². The molecule has 0 atom stereocenters. The number of urea groups is 1. The van der Waals surface area contributed by atoms with Crippen LogP contribution in [-0.4, -0.2) is 29.9 Å². The molecule has 0 saturated carbocycles. The number of carbonyl (C=O) groups excluding carboxylic acids is 2. The van der Waals surface area contributed by atoms with Crippen LogP contribution in [-0.2, 0) is 11.3 Å². The summed E-state index contributed by atoms with van der Waals surface area (Å²) >= 11 is 0. The Hall–Kier alpha value is -3.15. The molecule has 0 aromatic heterocycles. The fraction of sp³-hybridized carbons (Fsp3) is 0.273. The molecule has 0 unspecified atom stereocenters. The first kappa shape index (κ1) is 18.2. The van der Waals surface area contributed by atoms with E-state index < -0.39 is 17.8 Å². The number of imide groups is 1. The Morgan fingerprint density at radius 3 is 2.39 bits per heavy atom. The summed E-state index contributed by atoms with van der Waals surface area (Å²) in [5.74, 6) is -0.887. The molecule has 3 amide bonds. The van der Waals surface area contributed by atoms with Gasteiger partial charge >= 0.3 is 6.03 Å². The van der Waals surface area contributed by atoms with Crippen molar-refractivity contribution in [2.24, 2.45) is 0 Å². The fourth-order valence-corrected chi connectivity index (χ4v) is 3.61. The van der Waals surface area contributed by atoms with Crippen LogP contribution >= 0.6 is 0 Å². The number of piperidine rings is 1. The Labute approximate surface area is 163 Å². The summed E-state index contributed by atoms with van der Waals surface area (Å²) in [5.41, 5.74) is 2.51. The van der Waals surface area contributed by atoms with Gasteiger partial charge in [0.05, 0.1) is 6.54 Å². The summed E-state index contributed by atoms with van der Waals surface area (Å²) in [6.45, 7) is 2.04. The van der Waals surface area contributed by atoms with E-state index in [-0.39, 0.29) is 12.2 Å². The Morgan fingerprint density at radius 2 is 1.68 bits per heavy atom. The average Bonchev–Trinajstić information content (AvgIpc) is 2.98. The van der Waals surface area contributed by atoms with Crippen molar-refractivity contribution in [3.8, 4) is 0 Å². The van der Waals surface area contributed by atoms with E-state index in [9.17, 15) is 14.0 Å². The third-order valence-electron chi connectivity index (χ3n) is 5.17. The molecule has 0 spiro atoms. The molecule has 4 rings (SSSR count). The van der Waals surface area contributed by atoms with Gasteiger partial charge in [0.25, 0.3) is 5.91 Å². The highest BCUT2D eigenvalue weighted by atomic mass is 19.1. The number of halogens is 1. The number of carbonyl (C=O) groups is 2. The van der Waals surface area contributed by atoms with Gasteiger partial charge in [-0.2, -0.15) is 0 Å². The van der Waals surface area contributed by atoms with Crippen molar-refractivity contribution in [1.29, 1.82) is 0 Å². The number of rotatable bonds is 4. The summed E-state index contributed by atoms with van der Waals surface area (Å²) in [7, 11) is 0. The number of nitrogens with one attached hydrogen (secondary N) is 1. The Bertz CT molecular complexity index is 918. The maximum absolute atomic E-state index is 13.8. The molecule has 144 valence electrons. The number of amides is 3. The standard InChI is InChI=1S/C22H22FN3O2/c23-19-7-3-2-6-17(19)15-26-21(27)20(24-22(26)28)14-16-8-10-18(11-9-16)25-12-4-1-5-13-25/h2-3,6-11,14H,1,4-5,12-13,15H2,(H,24,28)/b20-14-. The minimum atomic E-state index is -0.538. The summed E-state index contributed by atoms with van der Waals surface area (Å²) < 4.78 is 13.8. The molecule has 6 heteroatoms. The molecule has 2 aliphatic rings. The second-order valence-electron chi connectivity index (χ2n) is 7.11. The number of hydrogen-bond donors (Lipinski definition) is 1. The van der Waals surface area contributed by atoms with Gasteiger partial charge in [-0.3, -0.25) is 9.69 Å². The van der Waals surface area contributed by atoms with E-state index in [1.165, 1.54) is 31.0 Å². The van der Waals surface area contributed by atoms with Crippen LogP contribution in [0.3, 0.4) is 0 Å². The number of anilines is 1. The maximum Gasteiger partial charge on any atom is 0.329 e. The van der Waals surface area contributed by atoms with Gasteiger partial charge in [0, 0.05) is 24.3 Å². The first-order chi connectivity index (χ1) is 13.6. The quantitative estimate of drug-likeness (QED) is 0.647. The lowest BCUT2D eigenvalue weighted by Gasteiger charge is -2.28. The first-order valence-electron chi connectivity index (χ1n) is 9.55. The molecule has 2 aromatic carbocycles. The van der Waals surface area contributed by atoms with Gasteiger partial charge in [-0.05, 0) is 49.1 Å². The van der Waals surface area contributed by atoms with Crippen LogP contribution in [0.15, 0.2) is 54.2 Å². The van der Waals surface area contributed by atoms with E-state index in [4.69, 9.17) is 0 Å². The fourth-order valence-electron chi connectivity index (χ4n) is 3.61. The van der Waals surface area contributed by atoms with Crippen molar-refractivity contribution < 1.29 is 14.0 Å². The lowest BCUT2D eigenvalue weighted by atomic mass is 10.1. The van der Waals surface area contributed by atoms with Crippen LogP contribution in [0.4, 0.5) is 14.9 Å². The monoisotopic (exact) mass is 379 g/mol. The highest BCUT2D eigenvalue weighted by molar-refractivity contribution is 6.13. The van der Waals surface area contributed by atoms with Crippen LogP contribution in [0.25, 0.3) is 6.08 Å². The molecule has 1 N–H and O–H groups in total. The van der Waals surface area contributed by atoms with Gasteiger partial charge in [-0.1, -0.05) is 30.3 Å². The number of hydrogen-bond acceptors (Lipinski definition) is 3. The van der Waals surface area contributed by atoms with Crippen LogP contribution in [0.5, 0.6) is 0 Å². The normalized spacial score (nSPS) is 18.7. The number of benzene rings is 2. The summed E-state index contributed by atoms with van der Waals surface area (Å²) in [6.07, 6.45) is 5.36. The van der Waals surface area contributed by atoms with Crippen LogP contribution in [0.1, 0.15) is 30.4 Å². The van der Waals surface area contributed by atoms with E-state index in [2.05, 4.69) is 10.2 Å². The molecule has 2 fully saturated rings. The van der Waals surface area contributed by atoms with Crippen LogP contribution < -0.4 is 10.2 Å². The molecule has 0 aliphatic carbocycles. The molecule has 2 aliphatic heterocycles. The minimum Gasteiger partial charge on any atom is -0.372 e. The van der Waals surface area contributed by atoms with E-state index >= 15 is 0 Å². The van der Waals surface area contributed by atoms with Gasteiger partial charge in [0.15, 0.2) is 0 Å². The molecule has 2 heterocycles. The van der Waals surface area contributed by atoms with Gasteiger partial charge in [0.1, 0.15) is 11.5 Å². The summed E-state index contributed by atoms with van der Waals surface area (Å²) in [6, 6.07) is 13.6. The molecule has 2 saturated heterocycles. The second-order valence-corrected chi connectivity index (χ2v) is 7.11. The Balaban J connectivity index is 1.48. The van der Waals surface area contributed by atoms with E-state index in [1.54, 1.807) is 24.3 Å². The maximum atomic E-state index is 13.8. The van der Waals surface area contributed by atoms with E-state index in [1.807, 2.05) is 24.3 Å². The summed E-state index contributed by atoms with van der Waals surface area (Å²) in [5, 5.41) is 2.59. The van der Waals surface area contributed by atoms with Gasteiger partial charge in [-0.25, -0.2) is 9.18 Å². The highest BCUT2D eigenvalue weighted by Crippen LogP contribution is 2.22. The second kappa shape index (κ2) is 7.84. The lowest BCUT2D eigenvalue weighted by Crippen LogP contribution is -2.30. The largest absolute Gasteiger partial charge is 0.372 e. The predicted octanol–water partition coefficient (Wildman–Crippen LogP) is 3.91. The molecular weight excluding hydrogens is 357 g/mol. The van der Waals surface area contributed by atoms with Crippen molar-refractivity contribution in [2.45, 2.75) is 25.8 Å².